The Morgan fingerprint density at radius 2 is 2.00 bits per heavy atom. The van der Waals surface area contributed by atoms with E-state index in [-0.39, 0.29) is 18.2 Å². The van der Waals surface area contributed by atoms with Crippen molar-refractivity contribution in [3.05, 3.63) is 0 Å². The molecule has 1 saturated carbocycles. The van der Waals surface area contributed by atoms with Gasteiger partial charge in [0.2, 0.25) is 5.91 Å². The largest absolute Gasteiger partial charge is 0.481 e. The van der Waals surface area contributed by atoms with Crippen LogP contribution in [0, 0.1) is 5.92 Å². The minimum Gasteiger partial charge on any atom is -0.481 e. The fraction of sp³-hybridized carbons (Fsp3) is 0.846. The van der Waals surface area contributed by atoms with Gasteiger partial charge in [-0.2, -0.15) is 0 Å². The van der Waals surface area contributed by atoms with Gasteiger partial charge in [-0.05, 0) is 32.1 Å². The number of hydrogen-bond acceptors (Lipinski definition) is 3. The average Bonchev–Trinajstić information content (AvgIpc) is 2.95. The van der Waals surface area contributed by atoms with E-state index in [1.54, 1.807) is 0 Å². The molecule has 3 unspecified atom stereocenters. The highest BCUT2D eigenvalue weighted by Gasteiger charge is 2.46. The molecule has 5 heteroatoms. The molecule has 3 rings (SSSR count). The van der Waals surface area contributed by atoms with E-state index in [1.165, 1.54) is 6.42 Å². The van der Waals surface area contributed by atoms with Crippen LogP contribution in [0.25, 0.3) is 0 Å². The van der Waals surface area contributed by atoms with Crippen LogP contribution in [0.15, 0.2) is 0 Å². The molecule has 100 valence electrons. The molecule has 18 heavy (non-hydrogen) atoms. The van der Waals surface area contributed by atoms with Crippen LogP contribution in [0.4, 0.5) is 0 Å². The Bertz CT molecular complexity index is 367. The van der Waals surface area contributed by atoms with Gasteiger partial charge in [0, 0.05) is 24.7 Å². The molecule has 0 spiro atoms. The molecule has 2 saturated heterocycles. The van der Waals surface area contributed by atoms with Crippen molar-refractivity contribution >= 4 is 11.9 Å². The van der Waals surface area contributed by atoms with E-state index in [4.69, 9.17) is 5.11 Å². The SMILES string of the molecule is O=C(O)CCN(C(=O)C1CC2CCC1N2)C1CC1. The quantitative estimate of drug-likeness (QED) is 0.751. The molecule has 2 heterocycles. The Kier molecular flexibility index (Phi) is 3.01. The van der Waals surface area contributed by atoms with Gasteiger partial charge in [0.25, 0.3) is 0 Å². The van der Waals surface area contributed by atoms with Crippen LogP contribution in [-0.4, -0.2) is 46.6 Å². The molecule has 3 fully saturated rings. The zero-order valence-corrected chi connectivity index (χ0v) is 10.5. The number of rotatable bonds is 5. The Hall–Kier alpha value is -1.10. The van der Waals surface area contributed by atoms with Crippen LogP contribution in [0.3, 0.4) is 0 Å². The fourth-order valence-electron chi connectivity index (χ4n) is 3.39. The summed E-state index contributed by atoms with van der Waals surface area (Å²) in [5, 5.41) is 12.2. The Morgan fingerprint density at radius 1 is 1.22 bits per heavy atom. The molecule has 2 aliphatic heterocycles. The monoisotopic (exact) mass is 252 g/mol. The maximum atomic E-state index is 12.5. The van der Waals surface area contributed by atoms with Gasteiger partial charge in [0.05, 0.1) is 12.3 Å². The van der Waals surface area contributed by atoms with Crippen molar-refractivity contribution in [3.63, 3.8) is 0 Å². The van der Waals surface area contributed by atoms with Crippen molar-refractivity contribution in [1.29, 1.82) is 0 Å². The number of carbonyl (C=O) groups excluding carboxylic acids is 1. The summed E-state index contributed by atoms with van der Waals surface area (Å²) in [5.41, 5.74) is 0. The third-order valence-corrected chi connectivity index (χ3v) is 4.45. The van der Waals surface area contributed by atoms with Gasteiger partial charge < -0.3 is 15.3 Å². The predicted octanol–water partition coefficient (Wildman–Crippen LogP) is 0.593. The van der Waals surface area contributed by atoms with E-state index in [2.05, 4.69) is 5.32 Å². The summed E-state index contributed by atoms with van der Waals surface area (Å²) in [7, 11) is 0. The van der Waals surface area contributed by atoms with E-state index in [9.17, 15) is 9.59 Å². The number of fused-ring (bicyclic) bond motifs is 2. The molecule has 3 atom stereocenters. The van der Waals surface area contributed by atoms with Crippen LogP contribution in [0.2, 0.25) is 0 Å². The minimum absolute atomic E-state index is 0.0660. The first-order valence-electron chi connectivity index (χ1n) is 6.93. The fourth-order valence-corrected chi connectivity index (χ4v) is 3.39. The third-order valence-electron chi connectivity index (χ3n) is 4.45. The molecule has 1 aliphatic carbocycles. The number of amides is 1. The summed E-state index contributed by atoms with van der Waals surface area (Å²) in [4.78, 5) is 25.0. The van der Waals surface area contributed by atoms with E-state index in [1.807, 2.05) is 4.90 Å². The molecular formula is C13H20N2O3. The lowest BCUT2D eigenvalue weighted by atomic mass is 9.88. The van der Waals surface area contributed by atoms with Gasteiger partial charge in [0.1, 0.15) is 0 Å². The van der Waals surface area contributed by atoms with Gasteiger partial charge in [-0.3, -0.25) is 9.59 Å². The highest BCUT2D eigenvalue weighted by Crippen LogP contribution is 2.37. The summed E-state index contributed by atoms with van der Waals surface area (Å²) < 4.78 is 0. The van der Waals surface area contributed by atoms with Crippen molar-refractivity contribution in [3.8, 4) is 0 Å². The minimum atomic E-state index is -0.820. The zero-order valence-electron chi connectivity index (χ0n) is 10.5. The van der Waals surface area contributed by atoms with Crippen LogP contribution in [-0.2, 0) is 9.59 Å². The second-order valence-electron chi connectivity index (χ2n) is 5.80. The zero-order chi connectivity index (χ0) is 12.7. The summed E-state index contributed by atoms with van der Waals surface area (Å²) in [6.45, 7) is 0.382. The van der Waals surface area contributed by atoms with Crippen molar-refractivity contribution in [2.45, 2.75) is 56.7 Å². The number of carboxylic acids is 1. The molecule has 5 nitrogen and oxygen atoms in total. The normalized spacial score (nSPS) is 33.7. The first-order chi connectivity index (χ1) is 8.65. The molecule has 0 aromatic rings. The van der Waals surface area contributed by atoms with Gasteiger partial charge in [-0.25, -0.2) is 0 Å². The second kappa shape index (κ2) is 4.53. The summed E-state index contributed by atoms with van der Waals surface area (Å²) in [6, 6.07) is 1.18. The highest BCUT2D eigenvalue weighted by molar-refractivity contribution is 5.81. The lowest BCUT2D eigenvalue weighted by Crippen LogP contribution is -2.43. The second-order valence-corrected chi connectivity index (χ2v) is 5.80. The van der Waals surface area contributed by atoms with Crippen LogP contribution < -0.4 is 5.32 Å². The number of nitrogens with one attached hydrogen (secondary N) is 1. The molecule has 0 aromatic heterocycles. The van der Waals surface area contributed by atoms with Crippen molar-refractivity contribution in [2.75, 3.05) is 6.54 Å². The third kappa shape index (κ3) is 2.23. The van der Waals surface area contributed by atoms with E-state index in [0.717, 1.165) is 25.7 Å². The molecule has 2 bridgehead atoms. The lowest BCUT2D eigenvalue weighted by molar-refractivity contribution is -0.140. The van der Waals surface area contributed by atoms with Gasteiger partial charge in [-0.1, -0.05) is 0 Å². The van der Waals surface area contributed by atoms with E-state index < -0.39 is 5.97 Å². The highest BCUT2D eigenvalue weighted by atomic mass is 16.4. The number of carboxylic acid groups (broad SMARTS) is 1. The van der Waals surface area contributed by atoms with Crippen molar-refractivity contribution < 1.29 is 14.7 Å². The Labute approximate surface area is 107 Å². The molecule has 1 amide bonds. The van der Waals surface area contributed by atoms with Crippen molar-refractivity contribution in [2.24, 2.45) is 5.92 Å². The maximum absolute atomic E-state index is 12.5. The first kappa shape index (κ1) is 12.0. The molecule has 2 N–H and O–H groups in total. The van der Waals surface area contributed by atoms with Crippen LogP contribution >= 0.6 is 0 Å². The van der Waals surface area contributed by atoms with Crippen LogP contribution in [0.5, 0.6) is 0 Å². The van der Waals surface area contributed by atoms with Crippen LogP contribution in [0.1, 0.15) is 38.5 Å². The standard InChI is InChI=1S/C13H20N2O3/c16-12(17)5-6-15(9-2-3-9)13(18)10-7-8-1-4-11(10)14-8/h8-11,14H,1-7H2,(H,16,17). The Morgan fingerprint density at radius 3 is 2.50 bits per heavy atom. The summed E-state index contributed by atoms with van der Waals surface area (Å²) >= 11 is 0. The summed E-state index contributed by atoms with van der Waals surface area (Å²) in [6.07, 6.45) is 5.38. The summed E-state index contributed by atoms with van der Waals surface area (Å²) in [5.74, 6) is -0.531. The number of nitrogens with zero attached hydrogens (tertiary/aromatic N) is 1. The van der Waals surface area contributed by atoms with Gasteiger partial charge in [0.15, 0.2) is 0 Å². The Balaban J connectivity index is 1.63. The molecular weight excluding hydrogens is 232 g/mol. The average molecular weight is 252 g/mol. The number of hydrogen-bond donors (Lipinski definition) is 2. The van der Waals surface area contributed by atoms with E-state index >= 15 is 0 Å². The maximum Gasteiger partial charge on any atom is 0.305 e. The van der Waals surface area contributed by atoms with Gasteiger partial charge >= 0.3 is 5.97 Å². The molecule has 0 aromatic carbocycles. The smallest absolute Gasteiger partial charge is 0.305 e. The molecule has 0 radical (unpaired) electrons. The predicted molar refractivity (Wildman–Crippen MR) is 65.0 cm³/mol. The number of aliphatic carboxylic acids is 1. The molecule has 3 aliphatic rings. The topological polar surface area (TPSA) is 69.6 Å². The van der Waals surface area contributed by atoms with Crippen molar-refractivity contribution in [1.82, 2.24) is 10.2 Å². The lowest BCUT2D eigenvalue weighted by Gasteiger charge is -2.28. The number of carbonyl (C=O) groups is 2. The first-order valence-corrected chi connectivity index (χ1v) is 6.93. The van der Waals surface area contributed by atoms with E-state index in [0.29, 0.717) is 24.7 Å². The van der Waals surface area contributed by atoms with Gasteiger partial charge in [-0.15, -0.1) is 0 Å².